The van der Waals surface area contributed by atoms with Crippen molar-refractivity contribution in [2.45, 2.75) is 83.0 Å². The molecule has 5 N–H and O–H groups in total. The van der Waals surface area contributed by atoms with Crippen LogP contribution in [0.2, 0.25) is 0 Å². The molecule has 0 aromatic heterocycles. The van der Waals surface area contributed by atoms with Gasteiger partial charge in [0.2, 0.25) is 16.0 Å². The van der Waals surface area contributed by atoms with Crippen LogP contribution in [-0.4, -0.2) is 57.3 Å². The number of benzene rings is 2. The Labute approximate surface area is 259 Å². The van der Waals surface area contributed by atoms with Crippen LogP contribution in [0.1, 0.15) is 54.5 Å². The van der Waals surface area contributed by atoms with Crippen molar-refractivity contribution in [2.75, 3.05) is 13.2 Å². The number of nitrogens with one attached hydrogen (secondary N) is 3. The highest BCUT2D eigenvalue weighted by Gasteiger charge is 2.44. The SMILES string of the molecule is Cc1c(C)c(S(=O)(=O)N[C@@H](Cc2ccc(OCCCONC(=N)N)cc2)C(=O)OC(=O)C(F)(F)F)c(C)c2c1OC(C)(C)CC2. The Kier molecular flexibility index (Phi) is 11.1. The molecule has 2 aromatic carbocycles. The summed E-state index contributed by atoms with van der Waals surface area (Å²) in [5.41, 5.74) is 9.15. The van der Waals surface area contributed by atoms with E-state index in [1.54, 1.807) is 20.8 Å². The molecule has 0 amide bonds. The lowest BCUT2D eigenvalue weighted by Crippen LogP contribution is -2.45. The summed E-state index contributed by atoms with van der Waals surface area (Å²) in [5, 5.41) is 7.00. The van der Waals surface area contributed by atoms with Gasteiger partial charge in [-0.15, -0.1) is 0 Å². The van der Waals surface area contributed by atoms with Crippen LogP contribution in [0.15, 0.2) is 29.2 Å². The minimum Gasteiger partial charge on any atom is -0.494 e. The van der Waals surface area contributed by atoms with Gasteiger partial charge in [-0.05, 0) is 93.8 Å². The zero-order valence-corrected chi connectivity index (χ0v) is 26.3. The lowest BCUT2D eigenvalue weighted by molar-refractivity contribution is -0.202. The van der Waals surface area contributed by atoms with Crippen LogP contribution in [-0.2, 0) is 42.0 Å². The molecule has 16 heteroatoms. The van der Waals surface area contributed by atoms with Gasteiger partial charge in [-0.3, -0.25) is 10.2 Å². The van der Waals surface area contributed by atoms with Gasteiger partial charge in [0.25, 0.3) is 0 Å². The van der Waals surface area contributed by atoms with Gasteiger partial charge in [0.05, 0.1) is 18.1 Å². The van der Waals surface area contributed by atoms with Crippen LogP contribution in [0.25, 0.3) is 0 Å². The number of nitrogens with two attached hydrogens (primary N) is 1. The number of esters is 2. The zero-order valence-electron chi connectivity index (χ0n) is 25.5. The molecule has 0 fully saturated rings. The molecule has 3 rings (SSSR count). The number of carbonyl (C=O) groups excluding carboxylic acids is 2. The van der Waals surface area contributed by atoms with E-state index in [2.05, 4.69) is 14.9 Å². The first-order chi connectivity index (χ1) is 20.8. The topological polar surface area (TPSA) is 179 Å². The minimum atomic E-state index is -5.47. The predicted octanol–water partition coefficient (Wildman–Crippen LogP) is 3.42. The van der Waals surface area contributed by atoms with E-state index in [0.717, 1.165) is 0 Å². The van der Waals surface area contributed by atoms with Crippen LogP contribution >= 0.6 is 0 Å². The van der Waals surface area contributed by atoms with Gasteiger partial charge in [0.1, 0.15) is 23.1 Å². The van der Waals surface area contributed by atoms with Crippen molar-refractivity contribution >= 4 is 27.9 Å². The average Bonchev–Trinajstić information content (AvgIpc) is 2.92. The average molecular weight is 659 g/mol. The number of rotatable bonds is 12. The van der Waals surface area contributed by atoms with Crippen molar-refractivity contribution in [1.29, 1.82) is 5.41 Å². The van der Waals surface area contributed by atoms with E-state index in [1.807, 2.05) is 13.8 Å². The number of carbonyl (C=O) groups is 2. The number of hydroxylamine groups is 1. The second kappa shape index (κ2) is 14.0. The molecule has 0 aliphatic carbocycles. The molecular weight excluding hydrogens is 621 g/mol. The maximum Gasteiger partial charge on any atom is 0.491 e. The number of alkyl halides is 3. The standard InChI is InChI=1S/C29H37F3N4O8S/c1-16-17(2)24(18(3)21-11-12-28(4,5)44-23(16)21)45(39,40)36-22(25(37)43-26(38)29(30,31)32)15-19-7-9-20(10-8-19)41-13-6-14-42-35-27(33)34/h7-10,22,36H,6,11-15H2,1-5H3,(H4,33,34,35)/t22-/m0/s1. The number of guanidine groups is 1. The van der Waals surface area contributed by atoms with Gasteiger partial charge in [-0.2, -0.15) is 17.9 Å². The van der Waals surface area contributed by atoms with Crippen LogP contribution < -0.4 is 25.4 Å². The van der Waals surface area contributed by atoms with E-state index < -0.39 is 46.2 Å². The van der Waals surface area contributed by atoms with E-state index in [1.165, 1.54) is 24.3 Å². The number of ether oxygens (including phenoxy) is 3. The molecule has 2 aromatic rings. The smallest absolute Gasteiger partial charge is 0.491 e. The van der Waals surface area contributed by atoms with Crippen molar-refractivity contribution in [3.8, 4) is 11.5 Å². The number of fused-ring (bicyclic) bond motifs is 1. The molecule has 1 atom stereocenters. The van der Waals surface area contributed by atoms with Gasteiger partial charge < -0.3 is 19.9 Å². The van der Waals surface area contributed by atoms with Gasteiger partial charge >= 0.3 is 18.1 Å². The molecule has 12 nitrogen and oxygen atoms in total. The summed E-state index contributed by atoms with van der Waals surface area (Å²) in [4.78, 5) is 29.1. The Bertz CT molecular complexity index is 1540. The van der Waals surface area contributed by atoms with Crippen molar-refractivity contribution in [3.05, 3.63) is 52.1 Å². The summed E-state index contributed by atoms with van der Waals surface area (Å²) < 4.78 is 84.2. The van der Waals surface area contributed by atoms with Gasteiger partial charge in [0.15, 0.2) is 0 Å². The summed E-state index contributed by atoms with van der Waals surface area (Å²) >= 11 is 0. The highest BCUT2D eigenvalue weighted by Crippen LogP contribution is 2.42. The van der Waals surface area contributed by atoms with E-state index in [-0.39, 0.29) is 24.1 Å². The van der Waals surface area contributed by atoms with E-state index in [4.69, 9.17) is 25.5 Å². The molecule has 1 aliphatic heterocycles. The predicted molar refractivity (Wildman–Crippen MR) is 156 cm³/mol. The van der Waals surface area contributed by atoms with Crippen LogP contribution in [0.4, 0.5) is 13.2 Å². The van der Waals surface area contributed by atoms with Gasteiger partial charge in [0, 0.05) is 6.42 Å². The maximum atomic E-state index is 13.8. The van der Waals surface area contributed by atoms with Crippen molar-refractivity contribution in [3.63, 3.8) is 0 Å². The number of hydrogen-bond donors (Lipinski definition) is 4. The lowest BCUT2D eigenvalue weighted by atomic mass is 9.88. The Morgan fingerprint density at radius 2 is 1.73 bits per heavy atom. The molecule has 0 spiro atoms. The maximum absolute atomic E-state index is 13.8. The molecule has 0 radical (unpaired) electrons. The molecule has 0 saturated heterocycles. The number of sulfonamides is 1. The molecule has 0 saturated carbocycles. The Morgan fingerprint density at radius 1 is 1.09 bits per heavy atom. The quantitative estimate of drug-likeness (QED) is 0.0660. The van der Waals surface area contributed by atoms with Crippen LogP contribution in [0.3, 0.4) is 0 Å². The zero-order chi connectivity index (χ0) is 33.7. The Morgan fingerprint density at radius 3 is 2.33 bits per heavy atom. The molecular formula is C29H37F3N4O8S. The van der Waals surface area contributed by atoms with Gasteiger partial charge in [-0.25, -0.2) is 23.5 Å². The van der Waals surface area contributed by atoms with Crippen LogP contribution in [0.5, 0.6) is 11.5 Å². The van der Waals surface area contributed by atoms with E-state index in [9.17, 15) is 31.2 Å². The summed E-state index contributed by atoms with van der Waals surface area (Å²) in [6, 6.07) is 4.13. The molecule has 248 valence electrons. The fourth-order valence-corrected chi connectivity index (χ4v) is 6.55. The first-order valence-electron chi connectivity index (χ1n) is 13.9. The van der Waals surface area contributed by atoms with Gasteiger partial charge in [-0.1, -0.05) is 12.1 Å². The summed E-state index contributed by atoms with van der Waals surface area (Å²) in [5.74, 6) is -3.84. The van der Waals surface area contributed by atoms with Crippen LogP contribution in [0, 0.1) is 26.2 Å². The van der Waals surface area contributed by atoms with E-state index in [0.29, 0.717) is 58.6 Å². The summed E-state index contributed by atoms with van der Waals surface area (Å²) in [6.07, 6.45) is -4.32. The second-order valence-corrected chi connectivity index (χ2v) is 12.8. The van der Waals surface area contributed by atoms with E-state index >= 15 is 0 Å². The monoisotopic (exact) mass is 658 g/mol. The second-order valence-electron chi connectivity index (χ2n) is 11.2. The highest BCUT2D eigenvalue weighted by atomic mass is 32.2. The summed E-state index contributed by atoms with van der Waals surface area (Å²) in [7, 11) is -4.54. The molecule has 1 aliphatic rings. The molecule has 1 heterocycles. The third-order valence-corrected chi connectivity index (χ3v) is 8.89. The molecule has 0 bridgehead atoms. The third-order valence-electron chi connectivity index (χ3n) is 7.15. The summed E-state index contributed by atoms with van der Waals surface area (Å²) in [6.45, 7) is 9.17. The largest absolute Gasteiger partial charge is 0.494 e. The first kappa shape index (κ1) is 35.6. The van der Waals surface area contributed by atoms with Crippen molar-refractivity contribution in [1.82, 2.24) is 10.2 Å². The fourth-order valence-electron chi connectivity index (χ4n) is 4.80. The van der Waals surface area contributed by atoms with Crippen molar-refractivity contribution in [2.24, 2.45) is 5.73 Å². The molecule has 45 heavy (non-hydrogen) atoms. The fraction of sp³-hybridized carbons (Fsp3) is 0.483. The first-order valence-corrected chi connectivity index (χ1v) is 15.4. The lowest BCUT2D eigenvalue weighted by Gasteiger charge is -2.35. The minimum absolute atomic E-state index is 0.131. The molecule has 0 unspecified atom stereocenters. The highest BCUT2D eigenvalue weighted by molar-refractivity contribution is 7.89. The van der Waals surface area contributed by atoms with Crippen molar-refractivity contribution < 1.29 is 50.2 Å². The Balaban J connectivity index is 1.85. The third kappa shape index (κ3) is 9.31. The number of hydrogen-bond acceptors (Lipinski definition) is 9. The normalized spacial score (nSPS) is 14.9. The number of halogens is 3. The Hall–Kier alpha value is -3.89.